The van der Waals surface area contributed by atoms with Crippen LogP contribution in [0.4, 0.5) is 20.2 Å². The molecule has 0 spiro atoms. The van der Waals surface area contributed by atoms with Crippen LogP contribution in [0.1, 0.15) is 5.56 Å². The van der Waals surface area contributed by atoms with Crippen molar-refractivity contribution in [3.8, 4) is 5.75 Å². The molecule has 0 radical (unpaired) electrons. The molecule has 110 valence electrons. The van der Waals surface area contributed by atoms with Gasteiger partial charge >= 0.3 is 0 Å². The topological polar surface area (TPSA) is 64.3 Å². The van der Waals surface area contributed by atoms with Crippen LogP contribution in [-0.2, 0) is 11.2 Å². The molecule has 0 saturated heterocycles. The number of nitrogens with two attached hydrogens (primary N) is 1. The van der Waals surface area contributed by atoms with Crippen molar-refractivity contribution < 1.29 is 18.3 Å². The monoisotopic (exact) mass is 292 g/mol. The fourth-order valence-corrected chi connectivity index (χ4v) is 1.81. The molecule has 6 heteroatoms. The molecule has 0 aliphatic carbocycles. The number of nitrogens with one attached hydrogen (secondary N) is 1. The van der Waals surface area contributed by atoms with Gasteiger partial charge in [-0.15, -0.1) is 0 Å². The Balaban J connectivity index is 2.08. The number of halogens is 2. The molecule has 0 atom stereocenters. The van der Waals surface area contributed by atoms with Crippen molar-refractivity contribution in [1.29, 1.82) is 0 Å². The molecule has 2 rings (SSSR count). The quantitative estimate of drug-likeness (QED) is 0.852. The molecule has 1 amide bonds. The zero-order valence-corrected chi connectivity index (χ0v) is 11.3. The highest BCUT2D eigenvalue weighted by Gasteiger charge is 2.11. The molecular formula is C15H14F2N2O2. The third kappa shape index (κ3) is 3.68. The molecule has 4 nitrogen and oxygen atoms in total. The van der Waals surface area contributed by atoms with Gasteiger partial charge in [0.2, 0.25) is 5.91 Å². The first-order chi connectivity index (χ1) is 9.99. The normalized spacial score (nSPS) is 10.2. The molecule has 0 heterocycles. The zero-order chi connectivity index (χ0) is 15.4. The Morgan fingerprint density at radius 2 is 2.00 bits per heavy atom. The Hall–Kier alpha value is -2.63. The average Bonchev–Trinajstić information content (AvgIpc) is 2.44. The first-order valence-electron chi connectivity index (χ1n) is 6.17. The summed E-state index contributed by atoms with van der Waals surface area (Å²) in [5.74, 6) is -1.32. The van der Waals surface area contributed by atoms with Gasteiger partial charge in [-0.1, -0.05) is 6.07 Å². The summed E-state index contributed by atoms with van der Waals surface area (Å²) in [4.78, 5) is 11.9. The Morgan fingerprint density at radius 1 is 1.24 bits per heavy atom. The second-order valence-corrected chi connectivity index (χ2v) is 4.41. The largest absolute Gasteiger partial charge is 0.497 e. The number of anilines is 2. The van der Waals surface area contributed by atoms with Gasteiger partial charge in [0.25, 0.3) is 0 Å². The predicted octanol–water partition coefficient (Wildman–Crippen LogP) is 2.74. The van der Waals surface area contributed by atoms with Crippen LogP contribution in [0.3, 0.4) is 0 Å². The van der Waals surface area contributed by atoms with Crippen molar-refractivity contribution in [3.05, 3.63) is 53.6 Å². The second-order valence-electron chi connectivity index (χ2n) is 4.41. The lowest BCUT2D eigenvalue weighted by Gasteiger charge is -2.10. The molecule has 0 aromatic heterocycles. The number of methoxy groups -OCH3 is 1. The molecule has 2 aromatic carbocycles. The summed E-state index contributed by atoms with van der Waals surface area (Å²) in [6.07, 6.45) is -0.211. The van der Waals surface area contributed by atoms with E-state index in [9.17, 15) is 13.6 Å². The number of benzene rings is 2. The number of ether oxygens (including phenoxy) is 1. The predicted molar refractivity (Wildman–Crippen MR) is 76.1 cm³/mol. The van der Waals surface area contributed by atoms with E-state index < -0.39 is 17.5 Å². The highest BCUT2D eigenvalue weighted by Crippen LogP contribution is 2.24. The number of rotatable bonds is 4. The lowest BCUT2D eigenvalue weighted by molar-refractivity contribution is -0.115. The number of carbonyl (C=O) groups excluding carboxylic acids is 1. The van der Waals surface area contributed by atoms with Crippen LogP contribution in [0.15, 0.2) is 36.4 Å². The van der Waals surface area contributed by atoms with Gasteiger partial charge in [0.1, 0.15) is 17.4 Å². The third-order valence-corrected chi connectivity index (χ3v) is 2.90. The second kappa shape index (κ2) is 6.21. The Labute approximate surface area is 120 Å². The Morgan fingerprint density at radius 3 is 2.62 bits per heavy atom. The summed E-state index contributed by atoms with van der Waals surface area (Å²) in [6, 6.07) is 7.88. The summed E-state index contributed by atoms with van der Waals surface area (Å²) < 4.78 is 31.3. The van der Waals surface area contributed by atoms with E-state index >= 15 is 0 Å². The molecule has 3 N–H and O–H groups in total. The van der Waals surface area contributed by atoms with Crippen LogP contribution in [0, 0.1) is 11.6 Å². The van der Waals surface area contributed by atoms with Gasteiger partial charge < -0.3 is 15.8 Å². The highest BCUT2D eigenvalue weighted by atomic mass is 19.1. The van der Waals surface area contributed by atoms with E-state index in [1.54, 1.807) is 18.2 Å². The highest BCUT2D eigenvalue weighted by molar-refractivity contribution is 5.95. The van der Waals surface area contributed by atoms with Crippen molar-refractivity contribution in [2.75, 3.05) is 18.2 Å². The van der Waals surface area contributed by atoms with E-state index in [4.69, 9.17) is 10.5 Å². The first-order valence-corrected chi connectivity index (χ1v) is 6.17. The molecule has 0 aliphatic heterocycles. The minimum absolute atomic E-state index is 0.112. The van der Waals surface area contributed by atoms with E-state index in [0.717, 1.165) is 12.1 Å². The van der Waals surface area contributed by atoms with Crippen molar-refractivity contribution in [1.82, 2.24) is 0 Å². The van der Waals surface area contributed by atoms with Gasteiger partial charge in [0, 0.05) is 12.1 Å². The molecular weight excluding hydrogens is 278 g/mol. The Kier molecular flexibility index (Phi) is 4.37. The smallest absolute Gasteiger partial charge is 0.228 e. The van der Waals surface area contributed by atoms with Crippen LogP contribution in [0.5, 0.6) is 5.75 Å². The van der Waals surface area contributed by atoms with Crippen LogP contribution in [0.25, 0.3) is 0 Å². The van der Waals surface area contributed by atoms with E-state index in [2.05, 4.69) is 5.32 Å². The summed E-state index contributed by atoms with van der Waals surface area (Å²) in [5.41, 5.74) is 6.62. The molecule has 21 heavy (non-hydrogen) atoms. The maximum Gasteiger partial charge on any atom is 0.228 e. The van der Waals surface area contributed by atoms with Crippen molar-refractivity contribution in [3.63, 3.8) is 0 Å². The minimum atomic E-state index is -0.757. The average molecular weight is 292 g/mol. The summed E-state index contributed by atoms with van der Waals surface area (Å²) >= 11 is 0. The van der Waals surface area contributed by atoms with Crippen LogP contribution >= 0.6 is 0 Å². The number of hydrogen-bond donors (Lipinski definition) is 2. The van der Waals surface area contributed by atoms with Gasteiger partial charge in [-0.3, -0.25) is 4.79 Å². The molecule has 2 aromatic rings. The molecule has 0 fully saturated rings. The first kappa shape index (κ1) is 14.8. The number of hydrogen-bond acceptors (Lipinski definition) is 3. The standard InChI is InChI=1S/C15H14F2N2O2/c1-21-11-4-5-14(13(18)8-11)19-15(20)6-9-2-3-10(16)7-12(9)17/h2-5,7-8H,6,18H2,1H3,(H,19,20). The third-order valence-electron chi connectivity index (χ3n) is 2.90. The summed E-state index contributed by atoms with van der Waals surface area (Å²) in [6.45, 7) is 0. The zero-order valence-electron chi connectivity index (χ0n) is 11.3. The number of nitrogen functional groups attached to an aromatic ring is 1. The van der Waals surface area contributed by atoms with E-state index in [0.29, 0.717) is 17.1 Å². The maximum absolute atomic E-state index is 13.5. The molecule has 0 saturated carbocycles. The molecule has 0 unspecified atom stereocenters. The van der Waals surface area contributed by atoms with Crippen molar-refractivity contribution in [2.24, 2.45) is 0 Å². The summed E-state index contributed by atoms with van der Waals surface area (Å²) in [7, 11) is 1.50. The van der Waals surface area contributed by atoms with Crippen LogP contribution < -0.4 is 15.8 Å². The number of amides is 1. The molecule has 0 aliphatic rings. The van der Waals surface area contributed by atoms with Gasteiger partial charge in [-0.2, -0.15) is 0 Å². The SMILES string of the molecule is COc1ccc(NC(=O)Cc2ccc(F)cc2F)c(N)c1. The lowest BCUT2D eigenvalue weighted by atomic mass is 10.1. The van der Waals surface area contributed by atoms with E-state index in [-0.39, 0.29) is 12.0 Å². The van der Waals surface area contributed by atoms with Gasteiger partial charge in [0.15, 0.2) is 0 Å². The van der Waals surface area contributed by atoms with Crippen LogP contribution in [-0.4, -0.2) is 13.0 Å². The van der Waals surface area contributed by atoms with Gasteiger partial charge in [0.05, 0.1) is 24.9 Å². The fraction of sp³-hybridized carbons (Fsp3) is 0.133. The van der Waals surface area contributed by atoms with Gasteiger partial charge in [-0.05, 0) is 23.8 Å². The number of carbonyl (C=O) groups is 1. The van der Waals surface area contributed by atoms with E-state index in [1.807, 2.05) is 0 Å². The van der Waals surface area contributed by atoms with Crippen LogP contribution in [0.2, 0.25) is 0 Å². The van der Waals surface area contributed by atoms with Crippen molar-refractivity contribution >= 4 is 17.3 Å². The fourth-order valence-electron chi connectivity index (χ4n) is 1.81. The van der Waals surface area contributed by atoms with Gasteiger partial charge in [-0.25, -0.2) is 8.78 Å². The van der Waals surface area contributed by atoms with Crippen molar-refractivity contribution in [2.45, 2.75) is 6.42 Å². The molecule has 0 bridgehead atoms. The Bertz CT molecular complexity index is 675. The maximum atomic E-state index is 13.5. The summed E-state index contributed by atoms with van der Waals surface area (Å²) in [5, 5.41) is 2.57. The van der Waals surface area contributed by atoms with E-state index in [1.165, 1.54) is 13.2 Å². The minimum Gasteiger partial charge on any atom is -0.497 e. The lowest BCUT2D eigenvalue weighted by Crippen LogP contribution is -2.16.